The van der Waals surface area contributed by atoms with Crippen LogP contribution < -0.4 is 11.1 Å². The number of nitrogens with zero attached hydrogens (tertiary/aromatic N) is 3. The Balaban J connectivity index is 1.66. The SMILES string of the molecule is NC(=O)c1cccc(CNCc2nnc3ccccn23)c1. The van der Waals surface area contributed by atoms with Gasteiger partial charge in [0, 0.05) is 18.3 Å². The van der Waals surface area contributed by atoms with Crippen molar-refractivity contribution >= 4 is 11.6 Å². The standard InChI is InChI=1S/C15H15N5O/c16-15(21)12-5-3-4-11(8-12)9-17-10-14-19-18-13-6-1-2-7-20(13)14/h1-8,17H,9-10H2,(H2,16,21). The molecule has 3 rings (SSSR count). The van der Waals surface area contributed by atoms with Crippen LogP contribution in [0.5, 0.6) is 0 Å². The van der Waals surface area contributed by atoms with Crippen LogP contribution in [0, 0.1) is 0 Å². The summed E-state index contributed by atoms with van der Waals surface area (Å²) in [5.41, 5.74) is 7.61. The van der Waals surface area contributed by atoms with Crippen molar-refractivity contribution in [3.05, 3.63) is 65.6 Å². The van der Waals surface area contributed by atoms with E-state index in [1.54, 1.807) is 12.1 Å². The van der Waals surface area contributed by atoms with Gasteiger partial charge < -0.3 is 11.1 Å². The first kappa shape index (κ1) is 13.3. The van der Waals surface area contributed by atoms with Crippen molar-refractivity contribution in [1.29, 1.82) is 0 Å². The number of rotatable bonds is 5. The molecule has 0 atom stereocenters. The molecule has 0 saturated carbocycles. The Morgan fingerprint density at radius 2 is 2.05 bits per heavy atom. The smallest absolute Gasteiger partial charge is 0.248 e. The number of benzene rings is 1. The summed E-state index contributed by atoms with van der Waals surface area (Å²) in [6.07, 6.45) is 1.93. The molecule has 21 heavy (non-hydrogen) atoms. The molecular weight excluding hydrogens is 266 g/mol. The van der Waals surface area contributed by atoms with Crippen LogP contribution in [-0.2, 0) is 13.1 Å². The maximum Gasteiger partial charge on any atom is 0.248 e. The monoisotopic (exact) mass is 281 g/mol. The summed E-state index contributed by atoms with van der Waals surface area (Å²) in [6, 6.07) is 13.0. The fourth-order valence-electron chi connectivity index (χ4n) is 2.16. The Bertz CT molecular complexity index is 780. The maximum atomic E-state index is 11.1. The lowest BCUT2D eigenvalue weighted by Gasteiger charge is -2.05. The number of pyridine rings is 1. The van der Waals surface area contributed by atoms with Crippen molar-refractivity contribution in [2.24, 2.45) is 5.73 Å². The second kappa shape index (κ2) is 5.72. The predicted octanol–water partition coefficient (Wildman–Crippen LogP) is 1.12. The highest BCUT2D eigenvalue weighted by Gasteiger charge is 2.04. The summed E-state index contributed by atoms with van der Waals surface area (Å²) in [5, 5.41) is 11.5. The normalized spacial score (nSPS) is 10.9. The minimum absolute atomic E-state index is 0.416. The van der Waals surface area contributed by atoms with Crippen LogP contribution >= 0.6 is 0 Å². The van der Waals surface area contributed by atoms with E-state index >= 15 is 0 Å². The van der Waals surface area contributed by atoms with Crippen molar-refractivity contribution in [3.63, 3.8) is 0 Å². The molecule has 0 saturated heterocycles. The number of primary amides is 1. The van der Waals surface area contributed by atoms with Gasteiger partial charge in [0.2, 0.25) is 5.91 Å². The van der Waals surface area contributed by atoms with Crippen molar-refractivity contribution in [1.82, 2.24) is 19.9 Å². The third kappa shape index (κ3) is 2.90. The lowest BCUT2D eigenvalue weighted by atomic mass is 10.1. The number of amides is 1. The van der Waals surface area contributed by atoms with E-state index < -0.39 is 5.91 Å². The lowest BCUT2D eigenvalue weighted by molar-refractivity contribution is 0.1000. The van der Waals surface area contributed by atoms with Crippen LogP contribution in [0.25, 0.3) is 5.65 Å². The fraction of sp³-hybridized carbons (Fsp3) is 0.133. The molecule has 1 aromatic carbocycles. The van der Waals surface area contributed by atoms with Crippen molar-refractivity contribution < 1.29 is 4.79 Å². The van der Waals surface area contributed by atoms with Crippen LogP contribution in [0.15, 0.2) is 48.7 Å². The van der Waals surface area contributed by atoms with Crippen molar-refractivity contribution in [3.8, 4) is 0 Å². The number of aromatic nitrogens is 3. The average Bonchev–Trinajstić information content (AvgIpc) is 2.91. The molecule has 1 amide bonds. The highest BCUT2D eigenvalue weighted by molar-refractivity contribution is 5.92. The summed E-state index contributed by atoms with van der Waals surface area (Å²) < 4.78 is 1.94. The van der Waals surface area contributed by atoms with Crippen molar-refractivity contribution in [2.75, 3.05) is 0 Å². The second-order valence-corrected chi connectivity index (χ2v) is 4.71. The Kier molecular flexibility index (Phi) is 3.61. The highest BCUT2D eigenvalue weighted by Crippen LogP contribution is 2.06. The topological polar surface area (TPSA) is 85.3 Å². The zero-order valence-corrected chi connectivity index (χ0v) is 11.4. The van der Waals surface area contributed by atoms with Crippen LogP contribution in [0.3, 0.4) is 0 Å². The predicted molar refractivity (Wildman–Crippen MR) is 78.5 cm³/mol. The van der Waals surface area contributed by atoms with Gasteiger partial charge in [-0.1, -0.05) is 18.2 Å². The summed E-state index contributed by atoms with van der Waals surface area (Å²) in [7, 11) is 0. The van der Waals surface area contributed by atoms with E-state index in [1.807, 2.05) is 40.9 Å². The maximum absolute atomic E-state index is 11.1. The Hall–Kier alpha value is -2.73. The van der Waals surface area contributed by atoms with E-state index in [9.17, 15) is 4.79 Å². The summed E-state index contributed by atoms with van der Waals surface area (Å²) in [6.45, 7) is 1.22. The number of fused-ring (bicyclic) bond motifs is 1. The number of nitrogens with one attached hydrogen (secondary N) is 1. The fourth-order valence-corrected chi connectivity index (χ4v) is 2.16. The number of nitrogens with two attached hydrogens (primary N) is 1. The summed E-state index contributed by atoms with van der Waals surface area (Å²) in [5.74, 6) is 0.428. The van der Waals surface area contributed by atoms with Crippen molar-refractivity contribution in [2.45, 2.75) is 13.1 Å². The van der Waals surface area contributed by atoms with Gasteiger partial charge in [-0.15, -0.1) is 10.2 Å². The largest absolute Gasteiger partial charge is 0.366 e. The molecule has 0 spiro atoms. The van der Waals surface area contributed by atoms with Gasteiger partial charge in [-0.2, -0.15) is 0 Å². The van der Waals surface area contributed by atoms with Gasteiger partial charge in [0.05, 0.1) is 6.54 Å². The van der Waals surface area contributed by atoms with Gasteiger partial charge in [-0.3, -0.25) is 9.20 Å². The van der Waals surface area contributed by atoms with Gasteiger partial charge >= 0.3 is 0 Å². The van der Waals surface area contributed by atoms with Gasteiger partial charge in [0.1, 0.15) is 0 Å². The van der Waals surface area contributed by atoms with E-state index in [4.69, 9.17) is 5.73 Å². The van der Waals surface area contributed by atoms with Crippen LogP contribution in [-0.4, -0.2) is 20.5 Å². The lowest BCUT2D eigenvalue weighted by Crippen LogP contribution is -2.16. The minimum Gasteiger partial charge on any atom is -0.366 e. The summed E-state index contributed by atoms with van der Waals surface area (Å²) >= 11 is 0. The second-order valence-electron chi connectivity index (χ2n) is 4.71. The van der Waals surface area contributed by atoms with E-state index in [0.29, 0.717) is 18.7 Å². The summed E-state index contributed by atoms with van der Waals surface area (Å²) in [4.78, 5) is 11.1. The van der Waals surface area contributed by atoms with Crippen LogP contribution in [0.2, 0.25) is 0 Å². The molecule has 0 aliphatic rings. The highest BCUT2D eigenvalue weighted by atomic mass is 16.1. The quantitative estimate of drug-likeness (QED) is 0.734. The Morgan fingerprint density at radius 3 is 2.90 bits per heavy atom. The molecule has 0 unspecified atom stereocenters. The van der Waals surface area contributed by atoms with Gasteiger partial charge in [-0.05, 0) is 29.8 Å². The first-order valence-electron chi connectivity index (χ1n) is 6.62. The van der Waals surface area contributed by atoms with Gasteiger partial charge in [0.15, 0.2) is 11.5 Å². The van der Waals surface area contributed by atoms with E-state index in [0.717, 1.165) is 17.0 Å². The molecule has 0 bridgehead atoms. The molecule has 0 fully saturated rings. The number of carbonyl (C=O) groups is 1. The third-order valence-electron chi connectivity index (χ3n) is 3.21. The molecule has 0 radical (unpaired) electrons. The molecule has 2 heterocycles. The zero-order chi connectivity index (χ0) is 14.7. The number of hydrogen-bond acceptors (Lipinski definition) is 4. The molecule has 0 aliphatic carbocycles. The minimum atomic E-state index is -0.416. The first-order valence-corrected chi connectivity index (χ1v) is 6.62. The molecule has 6 heteroatoms. The van der Waals surface area contributed by atoms with Crippen LogP contribution in [0.4, 0.5) is 0 Å². The Labute approximate surface area is 121 Å². The first-order chi connectivity index (χ1) is 10.2. The van der Waals surface area contributed by atoms with E-state index in [2.05, 4.69) is 15.5 Å². The Morgan fingerprint density at radius 1 is 1.14 bits per heavy atom. The number of hydrogen-bond donors (Lipinski definition) is 2. The molecule has 3 aromatic rings. The van der Waals surface area contributed by atoms with E-state index in [-0.39, 0.29) is 0 Å². The number of carbonyl (C=O) groups excluding carboxylic acids is 1. The molecular formula is C15H15N5O. The zero-order valence-electron chi connectivity index (χ0n) is 11.4. The van der Waals surface area contributed by atoms with Gasteiger partial charge in [-0.25, -0.2) is 0 Å². The average molecular weight is 281 g/mol. The molecule has 6 nitrogen and oxygen atoms in total. The third-order valence-corrected chi connectivity index (χ3v) is 3.21. The van der Waals surface area contributed by atoms with E-state index in [1.165, 1.54) is 0 Å². The van der Waals surface area contributed by atoms with Gasteiger partial charge in [0.25, 0.3) is 0 Å². The molecule has 0 aliphatic heterocycles. The molecule has 3 N–H and O–H groups in total. The van der Waals surface area contributed by atoms with Crippen LogP contribution in [0.1, 0.15) is 21.7 Å². The molecule has 2 aromatic heterocycles. The molecule has 106 valence electrons.